The normalized spacial score (nSPS) is 18.2. The van der Waals surface area contributed by atoms with Gasteiger partial charge in [0.15, 0.2) is 0 Å². The maximum Gasteiger partial charge on any atom is 0.107 e. The Morgan fingerprint density at radius 3 is 0.906 bits per heavy atom. The molecule has 0 saturated heterocycles. The van der Waals surface area contributed by atoms with Gasteiger partial charge in [-0.3, -0.25) is 0 Å². The lowest BCUT2D eigenvalue weighted by Crippen LogP contribution is -2.39. The Hall–Kier alpha value is -9.80. The van der Waals surface area contributed by atoms with Gasteiger partial charge < -0.3 is 49.0 Å². The first-order chi connectivity index (χ1) is 46.2. The summed E-state index contributed by atoms with van der Waals surface area (Å²) >= 11 is 0. The van der Waals surface area contributed by atoms with Crippen LogP contribution in [-0.2, 0) is 0 Å². The van der Waals surface area contributed by atoms with Crippen LogP contribution in [0.2, 0.25) is 0 Å². The number of benzene rings is 9. The molecule has 9 aromatic rings. The molecule has 5 aliphatic rings. The zero-order valence-electron chi connectivity index (χ0n) is 60.3. The van der Waals surface area contributed by atoms with Crippen molar-refractivity contribution in [1.29, 1.82) is 0 Å². The molecule has 0 saturated carbocycles. The fraction of sp³-hybridized carbons (Fsp3) is 0.302. The molecular formula is C86H104N10. The third kappa shape index (κ3) is 14.5. The van der Waals surface area contributed by atoms with Gasteiger partial charge in [-0.2, -0.15) is 0 Å². The van der Waals surface area contributed by atoms with E-state index in [4.69, 9.17) is 0 Å². The predicted molar refractivity (Wildman–Crippen MR) is 415 cm³/mol. The number of anilines is 11. The number of aryl methyl sites for hydroxylation is 5. The highest BCUT2D eigenvalue weighted by atomic mass is 15.4. The van der Waals surface area contributed by atoms with E-state index in [0.717, 1.165) is 0 Å². The molecule has 10 heteroatoms. The molecule has 0 radical (unpaired) electrons. The number of para-hydroxylation sites is 11. The zero-order chi connectivity index (χ0) is 68.5. The van der Waals surface area contributed by atoms with Gasteiger partial charge in [0.25, 0.3) is 0 Å². The summed E-state index contributed by atoms with van der Waals surface area (Å²) in [6, 6.07) is 77.7. The summed E-state index contributed by atoms with van der Waals surface area (Å²) in [4.78, 5) is 23.6. The first-order valence-electron chi connectivity index (χ1n) is 34.6. The minimum Gasteiger partial charge on any atom is -0.353 e. The summed E-state index contributed by atoms with van der Waals surface area (Å²) in [5, 5.41) is 0. The van der Waals surface area contributed by atoms with Gasteiger partial charge in [-0.15, -0.1) is 0 Å². The summed E-state index contributed by atoms with van der Waals surface area (Å²) in [6.07, 6.45) is 14.8. The molecule has 0 bridgehead atoms. The number of hydrogen-bond donors (Lipinski definition) is 0. The Bertz CT molecular complexity index is 4000. The molecule has 10 nitrogen and oxygen atoms in total. The second kappa shape index (κ2) is 30.7. The highest BCUT2D eigenvalue weighted by Crippen LogP contribution is 2.46. The average Bonchev–Trinajstić information content (AvgIpc) is 1.60. The van der Waals surface area contributed by atoms with E-state index < -0.39 is 0 Å². The minimum absolute atomic E-state index is 0.262. The zero-order valence-corrected chi connectivity index (χ0v) is 60.3. The highest BCUT2D eigenvalue weighted by Gasteiger charge is 2.34. The Morgan fingerprint density at radius 1 is 0.260 bits per heavy atom. The van der Waals surface area contributed by atoms with Gasteiger partial charge in [0.2, 0.25) is 0 Å². The lowest BCUT2D eigenvalue weighted by atomic mass is 9.92. The summed E-state index contributed by atoms with van der Waals surface area (Å²) in [7, 11) is 4.31. The Kier molecular flexibility index (Phi) is 22.1. The third-order valence-electron chi connectivity index (χ3n) is 19.7. The van der Waals surface area contributed by atoms with E-state index in [9.17, 15) is 0 Å². The van der Waals surface area contributed by atoms with E-state index in [2.05, 4.69) is 423 Å². The molecule has 0 fully saturated rings. The SMILES string of the molecule is Cc1ccccc1N1C=CN(C(C)C)[C@H]1C.Cc1ccccc1N1C=CN(c2c(C(C)C)cccc2C(C)C)[C@H]1C.Cc1ccccc1N1C=CN(c2ccccc2)[C@H]1C.Cc1ccccc1N1c2ccccc2N(C)[C@H]1C.Cc1ccccc1N1c2ccccc2N(C)[C@H]1C. The van der Waals surface area contributed by atoms with Crippen LogP contribution in [0, 0.1) is 34.6 Å². The molecule has 5 aliphatic heterocycles. The molecule has 0 spiro atoms. The van der Waals surface area contributed by atoms with E-state index in [1.807, 2.05) is 6.07 Å². The van der Waals surface area contributed by atoms with Gasteiger partial charge in [0.1, 0.15) is 30.8 Å². The molecule has 14 rings (SSSR count). The van der Waals surface area contributed by atoms with Gasteiger partial charge in [0.05, 0.1) is 22.7 Å². The monoisotopic (exact) mass is 1280 g/mol. The summed E-state index contributed by atoms with van der Waals surface area (Å²) in [5.41, 5.74) is 23.6. The summed E-state index contributed by atoms with van der Waals surface area (Å²) in [6.45, 7) is 35.7. The van der Waals surface area contributed by atoms with Crippen LogP contribution in [0.4, 0.5) is 62.6 Å². The van der Waals surface area contributed by atoms with Crippen molar-refractivity contribution in [1.82, 2.24) is 4.90 Å². The van der Waals surface area contributed by atoms with Crippen LogP contribution in [0.15, 0.2) is 256 Å². The van der Waals surface area contributed by atoms with Crippen LogP contribution in [0.3, 0.4) is 0 Å². The third-order valence-corrected chi connectivity index (χ3v) is 19.7. The Morgan fingerprint density at radius 2 is 0.552 bits per heavy atom. The van der Waals surface area contributed by atoms with Crippen LogP contribution in [0.5, 0.6) is 0 Å². The second-order valence-corrected chi connectivity index (χ2v) is 26.9. The largest absolute Gasteiger partial charge is 0.353 e. The quantitative estimate of drug-likeness (QED) is 0.132. The van der Waals surface area contributed by atoms with Gasteiger partial charge in [0, 0.05) is 97.1 Å². The summed E-state index contributed by atoms with van der Waals surface area (Å²) < 4.78 is 0. The maximum absolute atomic E-state index is 2.44. The number of nitrogens with zero attached hydrogens (tertiary/aromatic N) is 10. The molecule has 9 aromatic carbocycles. The number of fused-ring (bicyclic) bond motifs is 2. The van der Waals surface area contributed by atoms with Crippen molar-refractivity contribution in [3.8, 4) is 0 Å². The van der Waals surface area contributed by atoms with Crippen molar-refractivity contribution in [3.63, 3.8) is 0 Å². The van der Waals surface area contributed by atoms with Crippen molar-refractivity contribution in [3.05, 3.63) is 295 Å². The molecule has 5 atom stereocenters. The highest BCUT2D eigenvalue weighted by molar-refractivity contribution is 5.85. The van der Waals surface area contributed by atoms with Crippen LogP contribution < -0.4 is 44.1 Å². The molecule has 0 amide bonds. The van der Waals surface area contributed by atoms with Crippen LogP contribution in [0.1, 0.15) is 127 Å². The maximum atomic E-state index is 2.44. The predicted octanol–water partition coefficient (Wildman–Crippen LogP) is 21.7. The van der Waals surface area contributed by atoms with Gasteiger partial charge in [-0.1, -0.05) is 179 Å². The van der Waals surface area contributed by atoms with E-state index in [-0.39, 0.29) is 6.17 Å². The molecule has 0 aliphatic carbocycles. The van der Waals surface area contributed by atoms with Crippen molar-refractivity contribution in [2.75, 3.05) is 58.2 Å². The Labute approximate surface area is 576 Å². The molecule has 0 aromatic heterocycles. The first kappa shape index (κ1) is 69.0. The van der Waals surface area contributed by atoms with Crippen molar-refractivity contribution >= 4 is 62.6 Å². The standard InChI is InChI=1S/C23H30N2.C17H18N2.2C16H18N2.C14H20N2/c1-16(2)20-11-9-12-21(17(3)4)23(20)25-15-14-24(19(25)6)22-13-8-7-10-18(22)5;1-14-8-6-7-11-17(14)19-13-12-18(15(19)2)16-9-4-3-5-10-16;2*1-12-8-4-5-9-14(12)18-13(2)17(3)15-10-6-7-11-16(15)18;1-11(2)15-9-10-16(13(15)4)14-8-6-5-7-12(14)3/h7-17,19H,1-6H3;3-13,15H,1-2H3;2*4-11,13H,1-3H3;5-11,13H,1-4H3/t19-;15-;3*13-/m01111/s1. The van der Waals surface area contributed by atoms with E-state index in [0.29, 0.717) is 42.5 Å². The minimum atomic E-state index is 0.262. The number of hydrogen-bond acceptors (Lipinski definition) is 10. The van der Waals surface area contributed by atoms with E-state index >= 15 is 0 Å². The fourth-order valence-corrected chi connectivity index (χ4v) is 14.0. The molecule has 498 valence electrons. The molecule has 0 unspecified atom stereocenters. The first-order valence-corrected chi connectivity index (χ1v) is 34.6. The van der Waals surface area contributed by atoms with Crippen LogP contribution >= 0.6 is 0 Å². The van der Waals surface area contributed by atoms with Crippen molar-refractivity contribution in [2.45, 2.75) is 159 Å². The van der Waals surface area contributed by atoms with Crippen LogP contribution in [-0.4, -0.2) is 55.9 Å². The molecule has 0 N–H and O–H groups in total. The van der Waals surface area contributed by atoms with E-state index in [1.165, 1.54) is 102 Å². The smallest absolute Gasteiger partial charge is 0.107 e. The van der Waals surface area contributed by atoms with Crippen molar-refractivity contribution < 1.29 is 0 Å². The average molecular weight is 1280 g/mol. The Balaban J connectivity index is 0.000000132. The van der Waals surface area contributed by atoms with Gasteiger partial charge in [-0.25, -0.2) is 0 Å². The van der Waals surface area contributed by atoms with E-state index in [1.54, 1.807) is 0 Å². The lowest BCUT2D eigenvalue weighted by Gasteiger charge is -2.34. The van der Waals surface area contributed by atoms with Crippen molar-refractivity contribution in [2.24, 2.45) is 0 Å². The fourth-order valence-electron chi connectivity index (χ4n) is 14.0. The molecule has 5 heterocycles. The number of rotatable bonds is 10. The lowest BCUT2D eigenvalue weighted by molar-refractivity contribution is 0.263. The van der Waals surface area contributed by atoms with Gasteiger partial charge in [-0.05, 0) is 201 Å². The second-order valence-electron chi connectivity index (χ2n) is 26.9. The van der Waals surface area contributed by atoms with Gasteiger partial charge >= 0.3 is 0 Å². The van der Waals surface area contributed by atoms with Crippen LogP contribution in [0.25, 0.3) is 0 Å². The molecule has 96 heavy (non-hydrogen) atoms. The topological polar surface area (TPSA) is 32.4 Å². The molecular weight excluding hydrogens is 1170 g/mol. The summed E-state index contributed by atoms with van der Waals surface area (Å²) in [5.74, 6) is 1.00.